The lowest BCUT2D eigenvalue weighted by atomic mass is 10.1. The van der Waals surface area contributed by atoms with Crippen LogP contribution in [0.2, 0.25) is 0 Å². The number of morpholine rings is 1. The zero-order chi connectivity index (χ0) is 22.3. The van der Waals surface area contributed by atoms with Crippen LogP contribution in [-0.4, -0.2) is 67.9 Å². The van der Waals surface area contributed by atoms with Gasteiger partial charge >= 0.3 is 6.03 Å². The van der Waals surface area contributed by atoms with Crippen molar-refractivity contribution < 1.29 is 14.3 Å². The second-order valence-electron chi connectivity index (χ2n) is 8.88. The third-order valence-corrected chi connectivity index (χ3v) is 6.55. The normalized spacial score (nSPS) is 18.9. The van der Waals surface area contributed by atoms with Crippen LogP contribution in [0.1, 0.15) is 35.6 Å². The number of benzene rings is 2. The fraction of sp³-hybridized carbons (Fsp3) is 0.500. The molecule has 0 bridgehead atoms. The number of urea groups is 1. The smallest absolute Gasteiger partial charge is 0.317 e. The molecule has 2 aliphatic heterocycles. The molecule has 172 valence electrons. The van der Waals surface area contributed by atoms with Crippen molar-refractivity contribution in [2.24, 2.45) is 0 Å². The molecule has 0 spiro atoms. The fourth-order valence-corrected chi connectivity index (χ4v) is 4.36. The van der Waals surface area contributed by atoms with E-state index in [1.807, 2.05) is 29.2 Å². The minimum Gasteiger partial charge on any atom is -0.490 e. The van der Waals surface area contributed by atoms with Crippen LogP contribution in [0, 0.1) is 13.8 Å². The molecule has 2 fully saturated rings. The van der Waals surface area contributed by atoms with E-state index in [0.29, 0.717) is 13.1 Å². The molecule has 1 N–H and O–H groups in total. The molecule has 2 heterocycles. The Morgan fingerprint density at radius 3 is 2.44 bits per heavy atom. The average Bonchev–Trinajstić information content (AvgIpc) is 2.83. The number of rotatable bonds is 6. The van der Waals surface area contributed by atoms with E-state index >= 15 is 0 Å². The largest absolute Gasteiger partial charge is 0.490 e. The van der Waals surface area contributed by atoms with Gasteiger partial charge in [0.15, 0.2) is 0 Å². The first-order valence-electron chi connectivity index (χ1n) is 11.7. The van der Waals surface area contributed by atoms with Gasteiger partial charge in [-0.15, -0.1) is 0 Å². The van der Waals surface area contributed by atoms with Gasteiger partial charge in [-0.3, -0.25) is 4.90 Å². The second-order valence-corrected chi connectivity index (χ2v) is 8.88. The molecule has 0 saturated carbocycles. The van der Waals surface area contributed by atoms with Crippen molar-refractivity contribution in [1.29, 1.82) is 0 Å². The molecule has 6 heteroatoms. The highest BCUT2D eigenvalue weighted by Gasteiger charge is 2.27. The Labute approximate surface area is 191 Å². The molecule has 6 nitrogen and oxygen atoms in total. The van der Waals surface area contributed by atoms with E-state index in [0.717, 1.165) is 57.0 Å². The van der Waals surface area contributed by atoms with Gasteiger partial charge in [-0.2, -0.15) is 0 Å². The maximum Gasteiger partial charge on any atom is 0.317 e. The van der Waals surface area contributed by atoms with Crippen molar-refractivity contribution in [2.75, 3.05) is 45.9 Å². The van der Waals surface area contributed by atoms with Crippen LogP contribution in [-0.2, 0) is 4.74 Å². The zero-order valence-electron chi connectivity index (χ0n) is 19.3. The minimum atomic E-state index is -0.0358. The molecular formula is C26H35N3O3. The SMILES string of the molecule is Cc1ccc(OC2CCN(C(=O)NC(CN3CCOCC3)c3ccccc3)CC2)cc1C. The fourth-order valence-electron chi connectivity index (χ4n) is 4.36. The van der Waals surface area contributed by atoms with Gasteiger partial charge < -0.3 is 19.7 Å². The first-order valence-corrected chi connectivity index (χ1v) is 11.7. The van der Waals surface area contributed by atoms with Crippen molar-refractivity contribution in [3.63, 3.8) is 0 Å². The number of amides is 2. The summed E-state index contributed by atoms with van der Waals surface area (Å²) in [4.78, 5) is 17.4. The molecule has 0 radical (unpaired) electrons. The van der Waals surface area contributed by atoms with Crippen LogP contribution in [0.15, 0.2) is 48.5 Å². The summed E-state index contributed by atoms with van der Waals surface area (Å²) in [5, 5.41) is 3.29. The average molecular weight is 438 g/mol. The Balaban J connectivity index is 1.32. The summed E-state index contributed by atoms with van der Waals surface area (Å²) < 4.78 is 11.7. The number of ether oxygens (including phenoxy) is 2. The van der Waals surface area contributed by atoms with Crippen molar-refractivity contribution in [1.82, 2.24) is 15.1 Å². The summed E-state index contributed by atoms with van der Waals surface area (Å²) in [6, 6.07) is 16.5. The van der Waals surface area contributed by atoms with E-state index in [4.69, 9.17) is 9.47 Å². The number of nitrogens with one attached hydrogen (secondary N) is 1. The number of carbonyl (C=O) groups is 1. The zero-order valence-corrected chi connectivity index (χ0v) is 19.3. The summed E-state index contributed by atoms with van der Waals surface area (Å²) >= 11 is 0. The van der Waals surface area contributed by atoms with Gasteiger partial charge in [-0.1, -0.05) is 36.4 Å². The van der Waals surface area contributed by atoms with Crippen LogP contribution in [0.3, 0.4) is 0 Å². The summed E-state index contributed by atoms with van der Waals surface area (Å²) in [5.41, 5.74) is 3.65. The second kappa shape index (κ2) is 10.8. The van der Waals surface area contributed by atoms with E-state index in [1.165, 1.54) is 11.1 Å². The summed E-state index contributed by atoms with van der Waals surface area (Å²) in [7, 11) is 0. The van der Waals surface area contributed by atoms with Crippen molar-refractivity contribution in [3.8, 4) is 5.75 Å². The third kappa shape index (κ3) is 6.02. The molecule has 0 aliphatic carbocycles. The van der Waals surface area contributed by atoms with E-state index in [1.54, 1.807) is 0 Å². The van der Waals surface area contributed by atoms with Crippen LogP contribution in [0.5, 0.6) is 5.75 Å². The molecule has 32 heavy (non-hydrogen) atoms. The van der Waals surface area contributed by atoms with E-state index in [2.05, 4.69) is 48.3 Å². The number of carbonyl (C=O) groups excluding carboxylic acids is 1. The first-order chi connectivity index (χ1) is 15.6. The third-order valence-electron chi connectivity index (χ3n) is 6.55. The highest BCUT2D eigenvalue weighted by atomic mass is 16.5. The van der Waals surface area contributed by atoms with Gasteiger partial charge in [0.2, 0.25) is 0 Å². The van der Waals surface area contributed by atoms with Gasteiger partial charge in [-0.05, 0) is 42.7 Å². The first kappa shape index (κ1) is 22.6. The lowest BCUT2D eigenvalue weighted by Crippen LogP contribution is -2.49. The van der Waals surface area contributed by atoms with E-state index in [-0.39, 0.29) is 18.2 Å². The number of piperidine rings is 1. The van der Waals surface area contributed by atoms with Crippen LogP contribution in [0.25, 0.3) is 0 Å². The van der Waals surface area contributed by atoms with Gasteiger partial charge in [0.1, 0.15) is 11.9 Å². The van der Waals surface area contributed by atoms with Crippen molar-refractivity contribution >= 4 is 6.03 Å². The molecular weight excluding hydrogens is 402 g/mol. The van der Waals surface area contributed by atoms with Crippen LogP contribution in [0.4, 0.5) is 4.79 Å². The number of hydrogen-bond donors (Lipinski definition) is 1. The van der Waals surface area contributed by atoms with Crippen molar-refractivity contribution in [2.45, 2.75) is 38.8 Å². The number of likely N-dealkylation sites (tertiary alicyclic amines) is 1. The topological polar surface area (TPSA) is 54.0 Å². The van der Waals surface area contributed by atoms with Crippen LogP contribution < -0.4 is 10.1 Å². The number of hydrogen-bond acceptors (Lipinski definition) is 4. The minimum absolute atomic E-state index is 0.0109. The summed E-state index contributed by atoms with van der Waals surface area (Å²) in [6.45, 7) is 9.74. The van der Waals surface area contributed by atoms with Gasteiger partial charge in [-0.25, -0.2) is 4.79 Å². The standard InChI is InChI=1S/C26H35N3O3/c1-20-8-9-24(18-21(20)2)32-23-10-12-29(13-11-23)26(30)27-25(22-6-4-3-5-7-22)19-28-14-16-31-17-15-28/h3-9,18,23,25H,10-17,19H2,1-2H3,(H,27,30). The lowest BCUT2D eigenvalue weighted by Gasteiger charge is -2.35. The van der Waals surface area contributed by atoms with Crippen LogP contribution >= 0.6 is 0 Å². The van der Waals surface area contributed by atoms with Crippen molar-refractivity contribution in [3.05, 3.63) is 65.2 Å². The van der Waals surface area contributed by atoms with Gasteiger partial charge in [0, 0.05) is 45.6 Å². The maximum atomic E-state index is 13.1. The highest BCUT2D eigenvalue weighted by molar-refractivity contribution is 5.75. The Morgan fingerprint density at radius 2 is 1.75 bits per heavy atom. The Morgan fingerprint density at radius 1 is 1.03 bits per heavy atom. The number of aryl methyl sites for hydroxylation is 2. The molecule has 4 rings (SSSR count). The van der Waals surface area contributed by atoms with Gasteiger partial charge in [0.25, 0.3) is 0 Å². The maximum absolute atomic E-state index is 13.1. The molecule has 1 unspecified atom stereocenters. The molecule has 2 aliphatic rings. The van der Waals surface area contributed by atoms with Gasteiger partial charge in [0.05, 0.1) is 19.3 Å². The monoisotopic (exact) mass is 437 g/mol. The van der Waals surface area contributed by atoms with E-state index < -0.39 is 0 Å². The molecule has 0 aromatic heterocycles. The Bertz CT molecular complexity index is 875. The summed E-state index contributed by atoms with van der Waals surface area (Å²) in [5.74, 6) is 0.922. The molecule has 2 aromatic carbocycles. The molecule has 2 aromatic rings. The predicted molar refractivity (Wildman–Crippen MR) is 126 cm³/mol. The predicted octanol–water partition coefficient (Wildman–Crippen LogP) is 3.93. The summed E-state index contributed by atoms with van der Waals surface area (Å²) in [6.07, 6.45) is 1.85. The Kier molecular flexibility index (Phi) is 7.66. The molecule has 2 saturated heterocycles. The molecule has 1 atom stereocenters. The Hall–Kier alpha value is -2.57. The highest BCUT2D eigenvalue weighted by Crippen LogP contribution is 2.22. The molecule has 2 amide bonds. The quantitative estimate of drug-likeness (QED) is 0.744. The number of nitrogens with zero attached hydrogens (tertiary/aromatic N) is 2. The lowest BCUT2D eigenvalue weighted by molar-refractivity contribution is 0.0334. The van der Waals surface area contributed by atoms with E-state index in [9.17, 15) is 4.79 Å².